The second-order valence-electron chi connectivity index (χ2n) is 6.25. The van der Waals surface area contributed by atoms with Crippen molar-refractivity contribution in [2.75, 3.05) is 13.7 Å². The molecule has 7 heteroatoms. The van der Waals surface area contributed by atoms with Crippen LogP contribution in [-0.2, 0) is 20.7 Å². The highest BCUT2D eigenvalue weighted by Crippen LogP contribution is 2.27. The first-order chi connectivity index (χ1) is 13.5. The number of hydrogen-bond acceptors (Lipinski definition) is 6. The van der Waals surface area contributed by atoms with E-state index in [2.05, 4.69) is 21.1 Å². The molecule has 3 rings (SSSR count). The van der Waals surface area contributed by atoms with E-state index in [-0.39, 0.29) is 25.2 Å². The van der Waals surface area contributed by atoms with E-state index >= 15 is 0 Å². The van der Waals surface area contributed by atoms with E-state index in [1.54, 1.807) is 36.4 Å². The lowest BCUT2D eigenvalue weighted by Crippen LogP contribution is -2.30. The van der Waals surface area contributed by atoms with Crippen molar-refractivity contribution in [2.45, 2.75) is 12.8 Å². The molecule has 1 heterocycles. The van der Waals surface area contributed by atoms with E-state index in [0.29, 0.717) is 28.1 Å². The van der Waals surface area contributed by atoms with Gasteiger partial charge in [0.2, 0.25) is 0 Å². The number of nitrogens with zero attached hydrogens (tertiary/aromatic N) is 2. The number of hydrogen-bond donors (Lipinski definition) is 1. The maximum absolute atomic E-state index is 12.4. The van der Waals surface area contributed by atoms with E-state index in [4.69, 9.17) is 5.26 Å². The number of ketones is 1. The number of nitrogens with one attached hydrogen (secondary N) is 1. The van der Waals surface area contributed by atoms with Gasteiger partial charge in [0, 0.05) is 18.4 Å². The lowest BCUT2D eigenvalue weighted by Gasteiger charge is -2.07. The fraction of sp³-hybridized carbons (Fsp3) is 0.190. The van der Waals surface area contributed by atoms with Gasteiger partial charge in [-0.1, -0.05) is 12.1 Å². The van der Waals surface area contributed by atoms with Gasteiger partial charge in [0.05, 0.1) is 30.1 Å². The van der Waals surface area contributed by atoms with Crippen molar-refractivity contribution < 1.29 is 19.1 Å². The number of fused-ring (bicyclic) bond motifs is 1. The van der Waals surface area contributed by atoms with Crippen molar-refractivity contribution >= 4 is 29.1 Å². The summed E-state index contributed by atoms with van der Waals surface area (Å²) in [5.41, 5.74) is 3.38. The first kappa shape index (κ1) is 19.0. The Labute approximate surface area is 161 Å². The molecule has 2 aromatic rings. The SMILES string of the molecule is COC(=O)CNC(=O)c1ccc2c(c1)CC(=O)CC(c1cccc(C#N)c1)=N2. The third-order valence-electron chi connectivity index (χ3n) is 4.30. The number of Topliss-reactive ketones (excluding diaryl/α,β-unsaturated/α-hetero) is 1. The van der Waals surface area contributed by atoms with Crippen LogP contribution in [-0.4, -0.2) is 37.0 Å². The standard InChI is InChI=1S/C21H17N3O4/c1-28-20(26)12-23-21(27)15-5-6-18-16(8-15)9-17(25)10-19(24-18)14-4-2-3-13(7-14)11-22/h2-8H,9-10,12H2,1H3,(H,23,27). The van der Waals surface area contributed by atoms with E-state index < -0.39 is 11.9 Å². The minimum atomic E-state index is -0.549. The van der Waals surface area contributed by atoms with Crippen LogP contribution in [0.25, 0.3) is 0 Å². The predicted molar refractivity (Wildman–Crippen MR) is 101 cm³/mol. The van der Waals surface area contributed by atoms with Gasteiger partial charge >= 0.3 is 5.97 Å². The van der Waals surface area contributed by atoms with Crippen molar-refractivity contribution in [1.29, 1.82) is 5.26 Å². The summed E-state index contributed by atoms with van der Waals surface area (Å²) in [7, 11) is 1.24. The molecular weight excluding hydrogens is 358 g/mol. The number of nitriles is 1. The van der Waals surface area contributed by atoms with Gasteiger partial charge in [-0.3, -0.25) is 19.4 Å². The van der Waals surface area contributed by atoms with E-state index in [1.807, 2.05) is 6.07 Å². The topological polar surface area (TPSA) is 109 Å². The maximum Gasteiger partial charge on any atom is 0.325 e. The Balaban J connectivity index is 1.91. The minimum absolute atomic E-state index is 0.0352. The summed E-state index contributed by atoms with van der Waals surface area (Å²) in [6.45, 7) is -0.233. The van der Waals surface area contributed by atoms with Crippen LogP contribution < -0.4 is 5.32 Å². The molecule has 0 unspecified atom stereocenters. The Bertz CT molecular complexity index is 1030. The first-order valence-electron chi connectivity index (χ1n) is 8.58. The van der Waals surface area contributed by atoms with Crippen LogP contribution in [0.3, 0.4) is 0 Å². The van der Waals surface area contributed by atoms with E-state index in [9.17, 15) is 14.4 Å². The summed E-state index contributed by atoms with van der Waals surface area (Å²) < 4.78 is 4.49. The van der Waals surface area contributed by atoms with Gasteiger partial charge in [-0.25, -0.2) is 0 Å². The van der Waals surface area contributed by atoms with Crippen LogP contribution in [0.1, 0.15) is 33.5 Å². The molecule has 140 valence electrons. The highest BCUT2D eigenvalue weighted by Gasteiger charge is 2.19. The quantitative estimate of drug-likeness (QED) is 0.823. The lowest BCUT2D eigenvalue weighted by atomic mass is 10.0. The molecule has 0 atom stereocenters. The molecule has 28 heavy (non-hydrogen) atoms. The molecule has 0 aliphatic carbocycles. The fourth-order valence-corrected chi connectivity index (χ4v) is 2.89. The molecule has 0 saturated heterocycles. The number of rotatable bonds is 4. The van der Waals surface area contributed by atoms with Gasteiger partial charge < -0.3 is 10.1 Å². The zero-order valence-electron chi connectivity index (χ0n) is 15.2. The molecule has 1 aliphatic rings. The van der Waals surface area contributed by atoms with Crippen molar-refractivity contribution in [3.05, 3.63) is 64.7 Å². The largest absolute Gasteiger partial charge is 0.468 e. The highest BCUT2D eigenvalue weighted by atomic mass is 16.5. The zero-order valence-corrected chi connectivity index (χ0v) is 15.2. The molecule has 2 aromatic carbocycles. The number of methoxy groups -OCH3 is 1. The smallest absolute Gasteiger partial charge is 0.325 e. The summed E-state index contributed by atoms with van der Waals surface area (Å²) in [5, 5.41) is 11.5. The Morgan fingerprint density at radius 1 is 1.21 bits per heavy atom. The predicted octanol–water partition coefficient (Wildman–Crippen LogP) is 2.10. The number of carbonyl (C=O) groups is 3. The number of carbonyl (C=O) groups excluding carboxylic acids is 3. The summed E-state index contributed by atoms with van der Waals surface area (Å²) in [5.74, 6) is -1.02. The minimum Gasteiger partial charge on any atom is -0.468 e. The van der Waals surface area contributed by atoms with Gasteiger partial charge in [-0.2, -0.15) is 5.26 Å². The van der Waals surface area contributed by atoms with Gasteiger partial charge in [0.25, 0.3) is 5.91 Å². The molecule has 1 N–H and O–H groups in total. The van der Waals surface area contributed by atoms with Crippen LogP contribution in [0, 0.1) is 11.3 Å². The number of aliphatic imine (C=N–C) groups is 1. The van der Waals surface area contributed by atoms with Crippen molar-refractivity contribution in [3.63, 3.8) is 0 Å². The number of amides is 1. The van der Waals surface area contributed by atoms with Gasteiger partial charge in [0.1, 0.15) is 12.3 Å². The molecule has 0 spiro atoms. The monoisotopic (exact) mass is 375 g/mol. The van der Waals surface area contributed by atoms with Crippen LogP contribution in [0.2, 0.25) is 0 Å². The van der Waals surface area contributed by atoms with Crippen LogP contribution >= 0.6 is 0 Å². The molecule has 1 amide bonds. The van der Waals surface area contributed by atoms with Crippen LogP contribution in [0.15, 0.2) is 47.5 Å². The van der Waals surface area contributed by atoms with Crippen LogP contribution in [0.5, 0.6) is 0 Å². The number of esters is 1. The van der Waals surface area contributed by atoms with Crippen molar-refractivity contribution in [2.24, 2.45) is 4.99 Å². The summed E-state index contributed by atoms with van der Waals surface area (Å²) in [6, 6.07) is 13.9. The Morgan fingerprint density at radius 3 is 2.79 bits per heavy atom. The van der Waals surface area contributed by atoms with Gasteiger partial charge in [-0.15, -0.1) is 0 Å². The zero-order chi connectivity index (χ0) is 20.1. The summed E-state index contributed by atoms with van der Waals surface area (Å²) in [4.78, 5) is 40.4. The van der Waals surface area contributed by atoms with E-state index in [1.165, 1.54) is 7.11 Å². The first-order valence-corrected chi connectivity index (χ1v) is 8.58. The molecule has 0 bridgehead atoms. The third kappa shape index (κ3) is 4.30. The third-order valence-corrected chi connectivity index (χ3v) is 4.30. The molecule has 1 aliphatic heterocycles. The average molecular weight is 375 g/mol. The second kappa shape index (κ2) is 8.27. The Kier molecular flexibility index (Phi) is 5.61. The fourth-order valence-electron chi connectivity index (χ4n) is 2.89. The molecule has 0 fully saturated rings. The summed E-state index contributed by atoms with van der Waals surface area (Å²) >= 11 is 0. The van der Waals surface area contributed by atoms with Crippen molar-refractivity contribution in [1.82, 2.24) is 5.32 Å². The lowest BCUT2D eigenvalue weighted by molar-refractivity contribution is -0.139. The average Bonchev–Trinajstić information content (AvgIpc) is 2.88. The second-order valence-corrected chi connectivity index (χ2v) is 6.25. The highest BCUT2D eigenvalue weighted by molar-refractivity contribution is 6.14. The van der Waals surface area contributed by atoms with E-state index in [0.717, 1.165) is 5.56 Å². The normalized spacial score (nSPS) is 12.9. The molecule has 0 aromatic heterocycles. The maximum atomic E-state index is 12.4. The molecule has 0 saturated carbocycles. The molecule has 0 radical (unpaired) electrons. The van der Waals surface area contributed by atoms with Crippen LogP contribution in [0.4, 0.5) is 5.69 Å². The van der Waals surface area contributed by atoms with Crippen molar-refractivity contribution in [3.8, 4) is 6.07 Å². The summed E-state index contributed by atoms with van der Waals surface area (Å²) in [6.07, 6.45) is 0.297. The molecule has 7 nitrogen and oxygen atoms in total. The number of ether oxygens (including phenoxy) is 1. The Morgan fingerprint density at radius 2 is 2.04 bits per heavy atom. The van der Waals surface area contributed by atoms with Gasteiger partial charge in [-0.05, 0) is 41.5 Å². The molecular formula is C21H17N3O4. The Hall–Kier alpha value is -3.79. The van der Waals surface area contributed by atoms with Gasteiger partial charge in [0.15, 0.2) is 0 Å². The number of benzene rings is 2.